The molecule has 1 aliphatic heterocycles. The van der Waals surface area contributed by atoms with Crippen molar-refractivity contribution in [2.24, 2.45) is 0 Å². The number of benzene rings is 1. The standard InChI is InChI=1S/C16H23N3O2/c1-11(2)19-15(20)8-10-18-16(21)13-7-9-17-14-6-4-3-5-12(13)14/h3-6,11,13,17H,7-10H2,1-2H3,(H,18,21)(H,19,20). The van der Waals surface area contributed by atoms with Gasteiger partial charge in [-0.05, 0) is 31.9 Å². The molecular weight excluding hydrogens is 266 g/mol. The second kappa shape index (κ2) is 7.11. The minimum absolute atomic E-state index is 0.00120. The van der Waals surface area contributed by atoms with Crippen LogP contribution >= 0.6 is 0 Å². The highest BCUT2D eigenvalue weighted by atomic mass is 16.2. The van der Waals surface area contributed by atoms with Crippen LogP contribution in [0.1, 0.15) is 38.2 Å². The molecule has 5 heteroatoms. The summed E-state index contributed by atoms with van der Waals surface area (Å²) in [5, 5.41) is 8.98. The summed E-state index contributed by atoms with van der Waals surface area (Å²) >= 11 is 0. The summed E-state index contributed by atoms with van der Waals surface area (Å²) in [5.41, 5.74) is 2.06. The maximum atomic E-state index is 12.3. The summed E-state index contributed by atoms with van der Waals surface area (Å²) in [7, 11) is 0. The average Bonchev–Trinajstić information content (AvgIpc) is 2.45. The third kappa shape index (κ3) is 4.21. The van der Waals surface area contributed by atoms with E-state index in [0.717, 1.165) is 24.2 Å². The predicted molar refractivity (Wildman–Crippen MR) is 83.2 cm³/mol. The number of fused-ring (bicyclic) bond motifs is 1. The van der Waals surface area contributed by atoms with Crippen molar-refractivity contribution in [1.82, 2.24) is 10.6 Å². The Morgan fingerprint density at radius 2 is 2.10 bits per heavy atom. The van der Waals surface area contributed by atoms with Gasteiger partial charge in [0.25, 0.3) is 0 Å². The van der Waals surface area contributed by atoms with Crippen LogP contribution in [0.15, 0.2) is 24.3 Å². The highest BCUT2D eigenvalue weighted by Crippen LogP contribution is 2.31. The van der Waals surface area contributed by atoms with Gasteiger partial charge in [-0.3, -0.25) is 9.59 Å². The van der Waals surface area contributed by atoms with Crippen LogP contribution in [0.5, 0.6) is 0 Å². The Kier molecular flexibility index (Phi) is 5.20. The quantitative estimate of drug-likeness (QED) is 0.771. The minimum atomic E-state index is -0.129. The Morgan fingerprint density at radius 1 is 1.33 bits per heavy atom. The number of carbonyl (C=O) groups is 2. The van der Waals surface area contributed by atoms with E-state index in [2.05, 4.69) is 16.0 Å². The van der Waals surface area contributed by atoms with Gasteiger partial charge in [0.2, 0.25) is 11.8 Å². The SMILES string of the molecule is CC(C)NC(=O)CCNC(=O)C1CCNc2ccccc21. The average molecular weight is 289 g/mol. The van der Waals surface area contributed by atoms with Gasteiger partial charge in [-0.15, -0.1) is 0 Å². The van der Waals surface area contributed by atoms with Gasteiger partial charge in [-0.1, -0.05) is 18.2 Å². The number of amides is 2. The molecule has 1 aliphatic rings. The third-order valence-corrected chi connectivity index (χ3v) is 3.50. The van der Waals surface area contributed by atoms with Crippen LogP contribution in [-0.4, -0.2) is 30.9 Å². The van der Waals surface area contributed by atoms with E-state index in [9.17, 15) is 9.59 Å². The lowest BCUT2D eigenvalue weighted by molar-refractivity contribution is -0.123. The van der Waals surface area contributed by atoms with Crippen molar-refractivity contribution < 1.29 is 9.59 Å². The Balaban J connectivity index is 1.86. The molecule has 5 nitrogen and oxygen atoms in total. The lowest BCUT2D eigenvalue weighted by Gasteiger charge is -2.25. The van der Waals surface area contributed by atoms with Crippen LogP contribution in [0.25, 0.3) is 0 Å². The number of nitrogens with one attached hydrogen (secondary N) is 3. The normalized spacial score (nSPS) is 16.8. The molecule has 0 saturated heterocycles. The molecule has 0 radical (unpaired) electrons. The van der Waals surface area contributed by atoms with Gasteiger partial charge in [-0.25, -0.2) is 0 Å². The van der Waals surface area contributed by atoms with Crippen molar-refractivity contribution in [3.63, 3.8) is 0 Å². The van der Waals surface area contributed by atoms with Crippen molar-refractivity contribution in [3.05, 3.63) is 29.8 Å². The van der Waals surface area contributed by atoms with Crippen LogP contribution in [-0.2, 0) is 9.59 Å². The van der Waals surface area contributed by atoms with E-state index in [1.165, 1.54) is 0 Å². The molecule has 1 heterocycles. The summed E-state index contributed by atoms with van der Waals surface area (Å²) < 4.78 is 0. The van der Waals surface area contributed by atoms with Gasteiger partial charge in [-0.2, -0.15) is 0 Å². The predicted octanol–water partition coefficient (Wildman–Crippen LogP) is 1.62. The molecule has 3 N–H and O–H groups in total. The van der Waals surface area contributed by atoms with E-state index in [-0.39, 0.29) is 23.8 Å². The number of anilines is 1. The second-order valence-corrected chi connectivity index (χ2v) is 5.62. The number of hydrogen-bond donors (Lipinski definition) is 3. The number of rotatable bonds is 5. The van der Waals surface area contributed by atoms with E-state index in [0.29, 0.717) is 13.0 Å². The molecule has 0 bridgehead atoms. The van der Waals surface area contributed by atoms with Crippen LogP contribution in [0.4, 0.5) is 5.69 Å². The van der Waals surface area contributed by atoms with E-state index >= 15 is 0 Å². The molecule has 2 rings (SSSR count). The first-order valence-electron chi connectivity index (χ1n) is 7.48. The highest BCUT2D eigenvalue weighted by molar-refractivity contribution is 5.86. The van der Waals surface area contributed by atoms with E-state index in [1.807, 2.05) is 38.1 Å². The molecule has 1 aromatic carbocycles. The van der Waals surface area contributed by atoms with Gasteiger partial charge < -0.3 is 16.0 Å². The Labute approximate surface area is 125 Å². The van der Waals surface area contributed by atoms with Gasteiger partial charge in [0.1, 0.15) is 0 Å². The second-order valence-electron chi connectivity index (χ2n) is 5.62. The summed E-state index contributed by atoms with van der Waals surface area (Å²) in [6.45, 7) is 5.01. The first-order chi connectivity index (χ1) is 10.1. The number of carbonyl (C=O) groups excluding carboxylic acids is 2. The summed E-state index contributed by atoms with van der Waals surface area (Å²) in [6, 6.07) is 8.01. The first kappa shape index (κ1) is 15.4. The Morgan fingerprint density at radius 3 is 2.86 bits per heavy atom. The monoisotopic (exact) mass is 289 g/mol. The summed E-state index contributed by atoms with van der Waals surface area (Å²) in [4.78, 5) is 23.8. The molecule has 2 amide bonds. The van der Waals surface area contributed by atoms with E-state index in [1.54, 1.807) is 0 Å². The molecule has 0 spiro atoms. The van der Waals surface area contributed by atoms with Crippen molar-refractivity contribution in [1.29, 1.82) is 0 Å². The van der Waals surface area contributed by atoms with Crippen molar-refractivity contribution in [2.75, 3.05) is 18.4 Å². The van der Waals surface area contributed by atoms with E-state index in [4.69, 9.17) is 0 Å². The van der Waals surface area contributed by atoms with Gasteiger partial charge in [0.15, 0.2) is 0 Å². The zero-order valence-corrected chi connectivity index (χ0v) is 12.6. The Hall–Kier alpha value is -2.04. The van der Waals surface area contributed by atoms with Gasteiger partial charge in [0.05, 0.1) is 5.92 Å². The molecule has 114 valence electrons. The van der Waals surface area contributed by atoms with Gasteiger partial charge in [0, 0.05) is 31.2 Å². The van der Waals surface area contributed by atoms with Crippen molar-refractivity contribution in [2.45, 2.75) is 38.6 Å². The molecule has 0 aliphatic carbocycles. The fraction of sp³-hybridized carbons (Fsp3) is 0.500. The Bertz CT molecular complexity index is 514. The maximum absolute atomic E-state index is 12.3. The molecule has 21 heavy (non-hydrogen) atoms. The molecule has 0 fully saturated rings. The zero-order valence-electron chi connectivity index (χ0n) is 12.6. The zero-order chi connectivity index (χ0) is 15.2. The first-order valence-corrected chi connectivity index (χ1v) is 7.48. The molecular formula is C16H23N3O2. The molecule has 1 unspecified atom stereocenters. The molecule has 0 aromatic heterocycles. The topological polar surface area (TPSA) is 70.2 Å². The third-order valence-electron chi connectivity index (χ3n) is 3.50. The number of para-hydroxylation sites is 1. The van der Waals surface area contributed by atoms with Crippen LogP contribution < -0.4 is 16.0 Å². The van der Waals surface area contributed by atoms with Crippen molar-refractivity contribution >= 4 is 17.5 Å². The number of hydrogen-bond acceptors (Lipinski definition) is 3. The van der Waals surface area contributed by atoms with E-state index < -0.39 is 0 Å². The van der Waals surface area contributed by atoms with Crippen LogP contribution in [0, 0.1) is 0 Å². The van der Waals surface area contributed by atoms with Crippen molar-refractivity contribution in [3.8, 4) is 0 Å². The lowest BCUT2D eigenvalue weighted by atomic mass is 9.90. The molecule has 1 atom stereocenters. The maximum Gasteiger partial charge on any atom is 0.227 e. The van der Waals surface area contributed by atoms with Gasteiger partial charge >= 0.3 is 0 Å². The van der Waals surface area contributed by atoms with Crippen LogP contribution in [0.3, 0.4) is 0 Å². The fourth-order valence-corrected chi connectivity index (χ4v) is 2.56. The van der Waals surface area contributed by atoms with Crippen LogP contribution in [0.2, 0.25) is 0 Å². The smallest absolute Gasteiger partial charge is 0.227 e. The largest absolute Gasteiger partial charge is 0.385 e. The molecule has 0 saturated carbocycles. The summed E-state index contributed by atoms with van der Waals surface area (Å²) in [5.74, 6) is -0.159. The minimum Gasteiger partial charge on any atom is -0.385 e. The lowest BCUT2D eigenvalue weighted by Crippen LogP contribution is -2.37. The fourth-order valence-electron chi connectivity index (χ4n) is 2.56. The summed E-state index contributed by atoms with van der Waals surface area (Å²) in [6.07, 6.45) is 1.09. The highest BCUT2D eigenvalue weighted by Gasteiger charge is 2.25. The molecule has 1 aromatic rings.